The van der Waals surface area contributed by atoms with E-state index in [1.165, 1.54) is 47.7 Å². The summed E-state index contributed by atoms with van der Waals surface area (Å²) in [4.78, 5) is 0. The zero-order valence-electron chi connectivity index (χ0n) is 14.5. The fourth-order valence-corrected chi connectivity index (χ4v) is 3.86. The minimum Gasteiger partial charge on any atom is -0.347 e. The van der Waals surface area contributed by atoms with Crippen molar-refractivity contribution < 1.29 is 0 Å². The Balaban J connectivity index is 2.09. The number of rotatable bonds is 3. The number of aromatic nitrogens is 1. The van der Waals surface area contributed by atoms with Crippen LogP contribution in [0.1, 0.15) is 76.5 Å². The van der Waals surface area contributed by atoms with Crippen LogP contribution in [0.15, 0.2) is 24.4 Å². The van der Waals surface area contributed by atoms with Crippen LogP contribution in [0.4, 0.5) is 0 Å². The van der Waals surface area contributed by atoms with Gasteiger partial charge in [0.2, 0.25) is 0 Å². The molecule has 1 aromatic heterocycles. The molecule has 0 spiro atoms. The maximum Gasteiger partial charge on any atom is 0.0486 e. The zero-order valence-corrected chi connectivity index (χ0v) is 14.5. The van der Waals surface area contributed by atoms with Crippen molar-refractivity contribution in [3.8, 4) is 0 Å². The third kappa shape index (κ3) is 3.08. The number of hydrogen-bond acceptors (Lipinski definition) is 1. The average molecular weight is 298 g/mol. The van der Waals surface area contributed by atoms with E-state index in [0.29, 0.717) is 0 Å². The minimum absolute atomic E-state index is 0.0843. The molecule has 0 aliphatic heterocycles. The van der Waals surface area contributed by atoms with Crippen LogP contribution in [-0.2, 0) is 6.54 Å². The van der Waals surface area contributed by atoms with E-state index in [1.54, 1.807) is 0 Å². The van der Waals surface area contributed by atoms with Gasteiger partial charge in [0.05, 0.1) is 0 Å². The third-order valence-electron chi connectivity index (χ3n) is 4.90. The van der Waals surface area contributed by atoms with Gasteiger partial charge in [0, 0.05) is 29.7 Å². The molecule has 0 unspecified atom stereocenters. The summed E-state index contributed by atoms with van der Waals surface area (Å²) >= 11 is 0. The summed E-state index contributed by atoms with van der Waals surface area (Å²) in [7, 11) is 0. The normalized spacial score (nSPS) is 18.2. The molecule has 1 fully saturated rings. The smallest absolute Gasteiger partial charge is 0.0486 e. The second-order valence-corrected chi connectivity index (χ2v) is 8.32. The van der Waals surface area contributed by atoms with E-state index in [2.05, 4.69) is 56.7 Å². The molecular formula is C20H30N2. The number of benzene rings is 1. The summed E-state index contributed by atoms with van der Waals surface area (Å²) < 4.78 is 2.42. The Morgan fingerprint density at radius 3 is 2.50 bits per heavy atom. The fraction of sp³-hybridized carbons (Fsp3) is 0.600. The summed E-state index contributed by atoms with van der Waals surface area (Å²) in [6.07, 6.45) is 7.75. The van der Waals surface area contributed by atoms with Crippen molar-refractivity contribution in [2.45, 2.75) is 71.9 Å². The summed E-state index contributed by atoms with van der Waals surface area (Å²) in [5.74, 6) is 0.765. The molecule has 1 aliphatic rings. The molecule has 0 saturated heterocycles. The van der Waals surface area contributed by atoms with Gasteiger partial charge in [0.1, 0.15) is 0 Å². The molecule has 0 amide bonds. The Morgan fingerprint density at radius 1 is 1.23 bits per heavy atom. The van der Waals surface area contributed by atoms with E-state index in [1.807, 2.05) is 0 Å². The number of fused-ring (bicyclic) bond motifs is 1. The first-order valence-electron chi connectivity index (χ1n) is 8.73. The molecule has 1 saturated carbocycles. The van der Waals surface area contributed by atoms with E-state index in [0.717, 1.165) is 12.5 Å². The van der Waals surface area contributed by atoms with E-state index in [-0.39, 0.29) is 11.5 Å². The van der Waals surface area contributed by atoms with Crippen LogP contribution in [0.25, 0.3) is 10.9 Å². The lowest BCUT2D eigenvalue weighted by Crippen LogP contribution is -2.15. The largest absolute Gasteiger partial charge is 0.347 e. The van der Waals surface area contributed by atoms with Gasteiger partial charge in [-0.1, -0.05) is 45.7 Å². The Bertz CT molecular complexity index is 652. The van der Waals surface area contributed by atoms with E-state index in [9.17, 15) is 0 Å². The van der Waals surface area contributed by atoms with E-state index < -0.39 is 0 Å². The molecule has 3 rings (SSSR count). The molecule has 2 aromatic rings. The van der Waals surface area contributed by atoms with Gasteiger partial charge in [0.25, 0.3) is 0 Å². The van der Waals surface area contributed by atoms with Crippen LogP contribution in [0.3, 0.4) is 0 Å². The average Bonchev–Trinajstić information content (AvgIpc) is 3.05. The SMILES string of the molecule is C[C@@H](N)c1cn(CC(C)(C)C)c2cc(C3CCCC3)ccc12. The van der Waals surface area contributed by atoms with Crippen LogP contribution >= 0.6 is 0 Å². The highest BCUT2D eigenvalue weighted by Gasteiger charge is 2.20. The molecule has 120 valence electrons. The second kappa shape index (κ2) is 5.73. The van der Waals surface area contributed by atoms with Crippen LogP contribution in [0, 0.1) is 5.41 Å². The van der Waals surface area contributed by atoms with E-state index >= 15 is 0 Å². The summed E-state index contributed by atoms with van der Waals surface area (Å²) in [6.45, 7) is 10.0. The monoisotopic (exact) mass is 298 g/mol. The second-order valence-electron chi connectivity index (χ2n) is 8.32. The van der Waals surface area contributed by atoms with Crippen molar-refractivity contribution in [2.24, 2.45) is 11.1 Å². The van der Waals surface area contributed by atoms with Crippen LogP contribution in [0.5, 0.6) is 0 Å². The minimum atomic E-state index is 0.0843. The van der Waals surface area contributed by atoms with Crippen molar-refractivity contribution in [2.75, 3.05) is 0 Å². The summed E-state index contributed by atoms with van der Waals surface area (Å²) in [6, 6.07) is 7.16. The third-order valence-corrected chi connectivity index (χ3v) is 4.90. The van der Waals surface area contributed by atoms with Gasteiger partial charge >= 0.3 is 0 Å². The molecule has 1 aliphatic carbocycles. The highest BCUT2D eigenvalue weighted by molar-refractivity contribution is 5.85. The first-order valence-corrected chi connectivity index (χ1v) is 8.73. The topological polar surface area (TPSA) is 30.9 Å². The molecule has 22 heavy (non-hydrogen) atoms. The molecule has 0 radical (unpaired) electrons. The highest BCUT2D eigenvalue weighted by Crippen LogP contribution is 2.37. The quantitative estimate of drug-likeness (QED) is 0.812. The molecule has 0 bridgehead atoms. The van der Waals surface area contributed by atoms with Gasteiger partial charge in [-0.15, -0.1) is 0 Å². The lowest BCUT2D eigenvalue weighted by molar-refractivity contribution is 0.349. The lowest BCUT2D eigenvalue weighted by atomic mass is 9.95. The molecule has 2 N–H and O–H groups in total. The number of hydrogen-bond donors (Lipinski definition) is 1. The molecule has 1 atom stereocenters. The predicted molar refractivity (Wildman–Crippen MR) is 95.2 cm³/mol. The van der Waals surface area contributed by atoms with Gasteiger partial charge in [0.15, 0.2) is 0 Å². The van der Waals surface area contributed by atoms with Crippen molar-refractivity contribution >= 4 is 10.9 Å². The predicted octanol–water partition coefficient (Wildman–Crippen LogP) is 5.36. The summed E-state index contributed by atoms with van der Waals surface area (Å²) in [5, 5.41) is 1.33. The van der Waals surface area contributed by atoms with Gasteiger partial charge in [-0.2, -0.15) is 0 Å². The van der Waals surface area contributed by atoms with Gasteiger partial charge in [-0.05, 0) is 48.3 Å². The summed E-state index contributed by atoms with van der Waals surface area (Å²) in [5.41, 5.74) is 10.6. The molecule has 2 nitrogen and oxygen atoms in total. The Morgan fingerprint density at radius 2 is 1.91 bits per heavy atom. The number of nitrogens with two attached hydrogens (primary N) is 1. The zero-order chi connectivity index (χ0) is 15.9. The van der Waals surface area contributed by atoms with Gasteiger partial charge < -0.3 is 10.3 Å². The van der Waals surface area contributed by atoms with Crippen molar-refractivity contribution in [1.82, 2.24) is 4.57 Å². The first-order chi connectivity index (χ1) is 10.3. The van der Waals surface area contributed by atoms with Crippen molar-refractivity contribution in [3.63, 3.8) is 0 Å². The first kappa shape index (κ1) is 15.6. The standard InChI is InChI=1S/C20H30N2/c1-14(21)18-12-22(13-20(2,3)4)19-11-16(9-10-17(18)19)15-7-5-6-8-15/h9-12,14-15H,5-8,13,21H2,1-4H3/t14-/m1/s1. The van der Waals surface area contributed by atoms with Crippen LogP contribution in [0.2, 0.25) is 0 Å². The van der Waals surface area contributed by atoms with E-state index in [4.69, 9.17) is 5.73 Å². The van der Waals surface area contributed by atoms with Gasteiger partial charge in [-0.3, -0.25) is 0 Å². The Labute approximate surface area is 134 Å². The molecular weight excluding hydrogens is 268 g/mol. The van der Waals surface area contributed by atoms with Crippen LogP contribution in [-0.4, -0.2) is 4.57 Å². The van der Waals surface area contributed by atoms with Crippen LogP contribution < -0.4 is 5.73 Å². The van der Waals surface area contributed by atoms with Crippen molar-refractivity contribution in [3.05, 3.63) is 35.5 Å². The lowest BCUT2D eigenvalue weighted by Gasteiger charge is -2.20. The Hall–Kier alpha value is -1.28. The molecule has 1 heterocycles. The molecule has 1 aromatic carbocycles. The fourth-order valence-electron chi connectivity index (χ4n) is 3.86. The maximum atomic E-state index is 6.20. The van der Waals surface area contributed by atoms with Gasteiger partial charge in [-0.25, -0.2) is 0 Å². The maximum absolute atomic E-state index is 6.20. The van der Waals surface area contributed by atoms with Crippen molar-refractivity contribution in [1.29, 1.82) is 0 Å². The highest BCUT2D eigenvalue weighted by atomic mass is 15.0. The number of nitrogens with zero attached hydrogens (tertiary/aromatic N) is 1. The Kier molecular flexibility index (Phi) is 4.07. The molecule has 2 heteroatoms.